The first-order valence-corrected chi connectivity index (χ1v) is 6.18. The summed E-state index contributed by atoms with van der Waals surface area (Å²) in [5, 5.41) is 3.40. The molecule has 1 N–H and O–H groups in total. The molecule has 1 aromatic rings. The molecule has 0 aliphatic rings. The molecule has 4 heteroatoms. The topological polar surface area (TPSA) is 35.4 Å². The van der Waals surface area contributed by atoms with Gasteiger partial charge in [0.2, 0.25) is 0 Å². The van der Waals surface area contributed by atoms with Gasteiger partial charge >= 0.3 is 0 Å². The highest BCUT2D eigenvalue weighted by Crippen LogP contribution is 2.03. The van der Waals surface area contributed by atoms with Crippen LogP contribution >= 0.6 is 0 Å². The molecule has 1 rings (SSSR count). The van der Waals surface area contributed by atoms with Crippen LogP contribution < -0.4 is 5.32 Å². The van der Waals surface area contributed by atoms with Crippen LogP contribution in [0.3, 0.4) is 0 Å². The van der Waals surface area contributed by atoms with Gasteiger partial charge in [-0.15, -0.1) is 0 Å². The summed E-state index contributed by atoms with van der Waals surface area (Å²) < 4.78 is 12.7. The van der Waals surface area contributed by atoms with E-state index < -0.39 is 0 Å². The lowest BCUT2D eigenvalue weighted by atomic mass is 10.3. The number of rotatable bonds is 9. The minimum Gasteiger partial charge on any atom is -0.382 e. The highest BCUT2D eigenvalue weighted by Gasteiger charge is 2.06. The van der Waals surface area contributed by atoms with Crippen LogP contribution in [-0.4, -0.2) is 38.0 Å². The van der Waals surface area contributed by atoms with E-state index in [-0.39, 0.29) is 6.10 Å². The minimum atomic E-state index is 0.120. The van der Waals surface area contributed by atoms with Crippen LogP contribution in [0.5, 0.6) is 0 Å². The van der Waals surface area contributed by atoms with Crippen molar-refractivity contribution in [2.24, 2.45) is 0 Å². The van der Waals surface area contributed by atoms with Crippen LogP contribution in [0.15, 0.2) is 18.3 Å². The Hall–Kier alpha value is -0.840. The third-order valence-electron chi connectivity index (χ3n) is 2.75. The van der Waals surface area contributed by atoms with Crippen LogP contribution in [0.4, 0.5) is 0 Å². The Morgan fingerprint density at radius 3 is 2.88 bits per heavy atom. The van der Waals surface area contributed by atoms with Gasteiger partial charge in [-0.25, -0.2) is 0 Å². The molecule has 0 aliphatic carbocycles. The Kier molecular flexibility index (Phi) is 6.93. The molecule has 1 unspecified atom stereocenters. The quantitative estimate of drug-likeness (QED) is 0.713. The second kappa shape index (κ2) is 8.28. The van der Waals surface area contributed by atoms with Gasteiger partial charge in [0.25, 0.3) is 0 Å². The highest BCUT2D eigenvalue weighted by atomic mass is 16.5. The number of aromatic nitrogens is 1. The van der Waals surface area contributed by atoms with E-state index in [4.69, 9.17) is 9.47 Å². The van der Waals surface area contributed by atoms with Crippen molar-refractivity contribution in [3.8, 4) is 0 Å². The van der Waals surface area contributed by atoms with Gasteiger partial charge in [0, 0.05) is 45.7 Å². The minimum absolute atomic E-state index is 0.120. The SMILES string of the molecule is CCCn1cccc1CNCC(COC)OC. The van der Waals surface area contributed by atoms with Crippen LogP contribution in [0.1, 0.15) is 19.0 Å². The summed E-state index contributed by atoms with van der Waals surface area (Å²) in [7, 11) is 3.41. The molecule has 0 radical (unpaired) electrons. The second-order valence-electron chi connectivity index (χ2n) is 4.14. The molecule has 98 valence electrons. The van der Waals surface area contributed by atoms with Gasteiger partial charge < -0.3 is 19.4 Å². The van der Waals surface area contributed by atoms with Crippen molar-refractivity contribution in [3.05, 3.63) is 24.0 Å². The van der Waals surface area contributed by atoms with E-state index in [0.29, 0.717) is 6.61 Å². The van der Waals surface area contributed by atoms with Gasteiger partial charge in [0.1, 0.15) is 0 Å². The molecule has 0 amide bonds. The zero-order chi connectivity index (χ0) is 12.5. The lowest BCUT2D eigenvalue weighted by molar-refractivity contribution is 0.0287. The van der Waals surface area contributed by atoms with Crippen LogP contribution in [0.25, 0.3) is 0 Å². The summed E-state index contributed by atoms with van der Waals surface area (Å²) in [6.45, 7) is 5.57. The number of hydrogen-bond donors (Lipinski definition) is 1. The third kappa shape index (κ3) is 4.89. The van der Waals surface area contributed by atoms with Gasteiger partial charge in [0.15, 0.2) is 0 Å². The van der Waals surface area contributed by atoms with E-state index in [1.165, 1.54) is 5.69 Å². The van der Waals surface area contributed by atoms with Crippen LogP contribution in [0, 0.1) is 0 Å². The fraction of sp³-hybridized carbons (Fsp3) is 0.692. The van der Waals surface area contributed by atoms with Crippen LogP contribution in [0.2, 0.25) is 0 Å². The number of aryl methyl sites for hydroxylation is 1. The highest BCUT2D eigenvalue weighted by molar-refractivity contribution is 5.06. The summed E-state index contributed by atoms with van der Waals surface area (Å²) in [5.74, 6) is 0. The molecule has 0 aliphatic heterocycles. The molecule has 4 nitrogen and oxygen atoms in total. The Morgan fingerprint density at radius 2 is 2.24 bits per heavy atom. The molecule has 0 spiro atoms. The molecule has 1 heterocycles. The molecular formula is C13H24N2O2. The molecule has 1 aromatic heterocycles. The van der Waals surface area contributed by atoms with E-state index in [9.17, 15) is 0 Å². The summed E-state index contributed by atoms with van der Waals surface area (Å²) in [6, 6.07) is 4.25. The number of ether oxygens (including phenoxy) is 2. The molecule has 0 aromatic carbocycles. The van der Waals surface area contributed by atoms with Gasteiger partial charge in [0.05, 0.1) is 12.7 Å². The number of nitrogens with zero attached hydrogens (tertiary/aromatic N) is 1. The van der Waals surface area contributed by atoms with Gasteiger partial charge in [-0.2, -0.15) is 0 Å². The van der Waals surface area contributed by atoms with Crippen molar-refractivity contribution in [3.63, 3.8) is 0 Å². The lowest BCUT2D eigenvalue weighted by Crippen LogP contribution is -2.31. The Labute approximate surface area is 104 Å². The third-order valence-corrected chi connectivity index (χ3v) is 2.75. The molecule has 0 saturated carbocycles. The maximum Gasteiger partial charge on any atom is 0.0928 e. The van der Waals surface area contributed by atoms with E-state index in [1.54, 1.807) is 14.2 Å². The zero-order valence-corrected chi connectivity index (χ0v) is 11.1. The van der Waals surface area contributed by atoms with Crippen molar-refractivity contribution in [2.75, 3.05) is 27.4 Å². The number of methoxy groups -OCH3 is 2. The molecule has 0 bridgehead atoms. The average Bonchev–Trinajstić information content (AvgIpc) is 2.76. The number of nitrogens with one attached hydrogen (secondary N) is 1. The van der Waals surface area contributed by atoms with Gasteiger partial charge in [-0.1, -0.05) is 6.92 Å². The van der Waals surface area contributed by atoms with Gasteiger partial charge in [-0.05, 0) is 18.6 Å². The predicted molar refractivity (Wildman–Crippen MR) is 69.1 cm³/mol. The predicted octanol–water partition coefficient (Wildman–Crippen LogP) is 1.65. The summed E-state index contributed by atoms with van der Waals surface area (Å²) in [5.41, 5.74) is 1.32. The Morgan fingerprint density at radius 1 is 1.41 bits per heavy atom. The summed E-state index contributed by atoms with van der Waals surface area (Å²) >= 11 is 0. The van der Waals surface area contributed by atoms with Gasteiger partial charge in [-0.3, -0.25) is 0 Å². The Bertz CT molecular complexity index is 299. The normalized spacial score (nSPS) is 12.9. The van der Waals surface area contributed by atoms with Crippen molar-refractivity contribution in [1.82, 2.24) is 9.88 Å². The van der Waals surface area contributed by atoms with E-state index >= 15 is 0 Å². The Balaban J connectivity index is 2.31. The first-order valence-electron chi connectivity index (χ1n) is 6.18. The first kappa shape index (κ1) is 14.2. The lowest BCUT2D eigenvalue weighted by Gasteiger charge is -2.15. The van der Waals surface area contributed by atoms with Crippen LogP contribution in [-0.2, 0) is 22.6 Å². The van der Waals surface area contributed by atoms with Crippen molar-refractivity contribution < 1.29 is 9.47 Å². The largest absolute Gasteiger partial charge is 0.382 e. The monoisotopic (exact) mass is 240 g/mol. The zero-order valence-electron chi connectivity index (χ0n) is 11.1. The molecule has 17 heavy (non-hydrogen) atoms. The molecular weight excluding hydrogens is 216 g/mol. The summed E-state index contributed by atoms with van der Waals surface area (Å²) in [6.07, 6.45) is 3.41. The second-order valence-corrected chi connectivity index (χ2v) is 4.14. The maximum absolute atomic E-state index is 5.29. The first-order chi connectivity index (χ1) is 8.31. The fourth-order valence-electron chi connectivity index (χ4n) is 1.83. The van der Waals surface area contributed by atoms with Crippen molar-refractivity contribution >= 4 is 0 Å². The van der Waals surface area contributed by atoms with Crippen molar-refractivity contribution in [1.29, 1.82) is 0 Å². The smallest absolute Gasteiger partial charge is 0.0928 e. The maximum atomic E-state index is 5.29. The van der Waals surface area contributed by atoms with E-state index in [1.807, 2.05) is 0 Å². The molecule has 1 atom stereocenters. The average molecular weight is 240 g/mol. The van der Waals surface area contributed by atoms with E-state index in [0.717, 1.165) is 26.1 Å². The fourth-order valence-corrected chi connectivity index (χ4v) is 1.83. The van der Waals surface area contributed by atoms with E-state index in [2.05, 4.69) is 35.1 Å². The molecule has 0 fully saturated rings. The number of hydrogen-bond acceptors (Lipinski definition) is 3. The standard InChI is InChI=1S/C13H24N2O2/c1-4-7-15-8-5-6-12(15)9-14-10-13(17-3)11-16-2/h5-6,8,13-14H,4,7,9-11H2,1-3H3. The summed E-state index contributed by atoms with van der Waals surface area (Å²) in [4.78, 5) is 0. The molecule has 0 saturated heterocycles. The van der Waals surface area contributed by atoms with Crippen molar-refractivity contribution in [2.45, 2.75) is 32.5 Å².